The largest absolute Gasteiger partial charge is 0.322 e. The maximum atomic E-state index is 10.5. The van der Waals surface area contributed by atoms with Crippen molar-refractivity contribution in [2.24, 2.45) is 0 Å². The van der Waals surface area contributed by atoms with Crippen LogP contribution in [0.15, 0.2) is 0 Å². The summed E-state index contributed by atoms with van der Waals surface area (Å²) in [6.45, 7) is -0.222. The summed E-state index contributed by atoms with van der Waals surface area (Å²) in [5.74, 6) is 0. The molecule has 0 aliphatic heterocycles. The summed E-state index contributed by atoms with van der Waals surface area (Å²) in [5, 5.41) is 1.22. The summed E-state index contributed by atoms with van der Waals surface area (Å²) in [4.78, 5) is 9.67. The van der Waals surface area contributed by atoms with Gasteiger partial charge in [-0.3, -0.25) is 4.18 Å². The highest BCUT2D eigenvalue weighted by atomic mass is 32.2. The van der Waals surface area contributed by atoms with E-state index in [9.17, 15) is 9.00 Å². The minimum atomic E-state index is -1.86. The molecule has 0 amide bonds. The topological polar surface area (TPSA) is 55.8 Å². The van der Waals surface area contributed by atoms with Gasteiger partial charge in [0, 0.05) is 14.1 Å². The molecule has 0 aromatic carbocycles. The third kappa shape index (κ3) is 5.83. The molecule has 0 heterocycles. The standard InChI is InChI=1S/C4H9NO4S/c1-5(2)9-10(7)8-4-3-6/h3H,4H2,1-2H3. The summed E-state index contributed by atoms with van der Waals surface area (Å²) in [6, 6.07) is 0. The first kappa shape index (κ1) is 9.70. The number of hydrogen-bond donors (Lipinski definition) is 0. The van der Waals surface area contributed by atoms with Crippen LogP contribution in [0.4, 0.5) is 0 Å². The fraction of sp³-hybridized carbons (Fsp3) is 0.750. The third-order valence-electron chi connectivity index (χ3n) is 0.442. The van der Waals surface area contributed by atoms with E-state index in [2.05, 4.69) is 8.47 Å². The van der Waals surface area contributed by atoms with E-state index in [-0.39, 0.29) is 6.61 Å². The van der Waals surface area contributed by atoms with Crippen LogP contribution in [0.25, 0.3) is 0 Å². The van der Waals surface area contributed by atoms with Crippen molar-refractivity contribution in [1.29, 1.82) is 0 Å². The molecule has 0 saturated carbocycles. The molecule has 10 heavy (non-hydrogen) atoms. The zero-order valence-corrected chi connectivity index (χ0v) is 6.59. The number of hydrogen-bond acceptors (Lipinski definition) is 5. The second-order valence-electron chi connectivity index (χ2n) is 1.54. The van der Waals surface area contributed by atoms with Gasteiger partial charge in [0.1, 0.15) is 12.9 Å². The lowest BCUT2D eigenvalue weighted by Gasteiger charge is -2.06. The van der Waals surface area contributed by atoms with E-state index >= 15 is 0 Å². The molecule has 0 radical (unpaired) electrons. The zero-order valence-electron chi connectivity index (χ0n) is 5.77. The van der Waals surface area contributed by atoms with Crippen LogP contribution in [0.2, 0.25) is 0 Å². The van der Waals surface area contributed by atoms with Gasteiger partial charge in [0.25, 0.3) is 0 Å². The van der Waals surface area contributed by atoms with Gasteiger partial charge in [-0.05, 0) is 0 Å². The van der Waals surface area contributed by atoms with Crippen LogP contribution < -0.4 is 0 Å². The lowest BCUT2D eigenvalue weighted by molar-refractivity contribution is -0.109. The molecule has 5 nitrogen and oxygen atoms in total. The third-order valence-corrected chi connectivity index (χ3v) is 1.19. The first-order valence-corrected chi connectivity index (χ1v) is 3.51. The van der Waals surface area contributed by atoms with Crippen LogP contribution in [-0.2, 0) is 24.6 Å². The molecule has 0 spiro atoms. The van der Waals surface area contributed by atoms with Crippen LogP contribution in [0.1, 0.15) is 0 Å². The van der Waals surface area contributed by atoms with E-state index in [4.69, 9.17) is 0 Å². The normalized spacial score (nSPS) is 13.5. The van der Waals surface area contributed by atoms with Crippen LogP contribution in [-0.4, -0.2) is 36.3 Å². The highest BCUT2D eigenvalue weighted by molar-refractivity contribution is 7.75. The van der Waals surface area contributed by atoms with Crippen molar-refractivity contribution in [3.05, 3.63) is 0 Å². The summed E-state index contributed by atoms with van der Waals surface area (Å²) in [5.41, 5.74) is 0. The molecule has 60 valence electrons. The molecule has 1 atom stereocenters. The van der Waals surface area contributed by atoms with Crippen LogP contribution in [0.5, 0.6) is 0 Å². The molecule has 0 aromatic rings. The van der Waals surface area contributed by atoms with Gasteiger partial charge in [-0.15, -0.1) is 0 Å². The minimum absolute atomic E-state index is 0.222. The molecule has 0 rings (SSSR count). The van der Waals surface area contributed by atoms with Crippen molar-refractivity contribution in [3.63, 3.8) is 0 Å². The van der Waals surface area contributed by atoms with Gasteiger partial charge < -0.3 is 4.79 Å². The van der Waals surface area contributed by atoms with Gasteiger partial charge in [0.05, 0.1) is 0 Å². The van der Waals surface area contributed by atoms with Gasteiger partial charge in [-0.1, -0.05) is 0 Å². The molecule has 0 aliphatic carbocycles. The molecule has 0 saturated heterocycles. The fourth-order valence-corrected chi connectivity index (χ4v) is 0.680. The second-order valence-corrected chi connectivity index (χ2v) is 2.34. The van der Waals surface area contributed by atoms with Gasteiger partial charge >= 0.3 is 11.4 Å². The van der Waals surface area contributed by atoms with E-state index in [0.717, 1.165) is 0 Å². The first-order valence-electron chi connectivity index (χ1n) is 2.51. The Bertz CT molecular complexity index is 126. The van der Waals surface area contributed by atoms with Crippen LogP contribution in [0.3, 0.4) is 0 Å². The number of carbonyl (C=O) groups is 1. The molecule has 0 aromatic heterocycles. The average Bonchev–Trinajstić information content (AvgIpc) is 1.82. The first-order chi connectivity index (χ1) is 4.66. The van der Waals surface area contributed by atoms with Gasteiger partial charge in [-0.2, -0.15) is 13.6 Å². The number of nitrogens with zero attached hydrogens (tertiary/aromatic N) is 1. The lowest BCUT2D eigenvalue weighted by Crippen LogP contribution is -2.16. The Morgan fingerprint density at radius 3 is 2.60 bits per heavy atom. The highest BCUT2D eigenvalue weighted by Gasteiger charge is 2.00. The minimum Gasteiger partial charge on any atom is -0.301 e. The molecule has 0 N–H and O–H groups in total. The average molecular weight is 167 g/mol. The van der Waals surface area contributed by atoms with E-state index in [1.807, 2.05) is 0 Å². The summed E-state index contributed by atoms with van der Waals surface area (Å²) in [6.07, 6.45) is 0.497. The molecular weight excluding hydrogens is 158 g/mol. The summed E-state index contributed by atoms with van der Waals surface area (Å²) in [7, 11) is 3.12. The Morgan fingerprint density at radius 1 is 1.60 bits per heavy atom. The summed E-state index contributed by atoms with van der Waals surface area (Å²) < 4.78 is 19.3. The van der Waals surface area contributed by atoms with Crippen LogP contribution in [0, 0.1) is 0 Å². The Kier molecular flexibility index (Phi) is 5.32. The van der Waals surface area contributed by atoms with E-state index in [1.54, 1.807) is 14.1 Å². The maximum absolute atomic E-state index is 10.5. The van der Waals surface area contributed by atoms with Crippen molar-refractivity contribution in [3.8, 4) is 0 Å². The number of rotatable bonds is 5. The van der Waals surface area contributed by atoms with Gasteiger partial charge in [0.15, 0.2) is 0 Å². The Morgan fingerprint density at radius 2 is 2.20 bits per heavy atom. The predicted molar refractivity (Wildman–Crippen MR) is 34.9 cm³/mol. The molecule has 0 aliphatic rings. The van der Waals surface area contributed by atoms with E-state index in [1.165, 1.54) is 5.06 Å². The molecule has 0 bridgehead atoms. The van der Waals surface area contributed by atoms with Crippen molar-refractivity contribution in [2.75, 3.05) is 20.7 Å². The SMILES string of the molecule is CN(C)OS(=O)OCC=O. The van der Waals surface area contributed by atoms with Crippen LogP contribution >= 0.6 is 0 Å². The fourth-order valence-electron chi connectivity index (χ4n) is 0.227. The van der Waals surface area contributed by atoms with Gasteiger partial charge in [0.2, 0.25) is 0 Å². The zero-order chi connectivity index (χ0) is 7.98. The predicted octanol–water partition coefficient (Wildman–Crippen LogP) is -0.726. The van der Waals surface area contributed by atoms with E-state index < -0.39 is 11.4 Å². The van der Waals surface area contributed by atoms with Crippen molar-refractivity contribution >= 4 is 17.6 Å². The molecule has 6 heteroatoms. The Hall–Kier alpha value is -0.300. The monoisotopic (exact) mass is 167 g/mol. The molecule has 0 fully saturated rings. The van der Waals surface area contributed by atoms with Crippen molar-refractivity contribution in [2.45, 2.75) is 0 Å². The summed E-state index contributed by atoms with van der Waals surface area (Å²) >= 11 is -1.86. The van der Waals surface area contributed by atoms with E-state index in [0.29, 0.717) is 6.29 Å². The molecular formula is C4H9NO4S. The van der Waals surface area contributed by atoms with Crippen molar-refractivity contribution < 1.29 is 17.5 Å². The highest BCUT2D eigenvalue weighted by Crippen LogP contribution is 1.88. The van der Waals surface area contributed by atoms with Gasteiger partial charge in [-0.25, -0.2) is 0 Å². The smallest absolute Gasteiger partial charge is 0.301 e. The lowest BCUT2D eigenvalue weighted by atomic mass is 10.9. The second kappa shape index (κ2) is 5.48. The number of hydroxylamine groups is 2. The Labute approximate surface area is 61.7 Å². The number of aldehydes is 1. The number of carbonyl (C=O) groups excluding carboxylic acids is 1. The Balaban J connectivity index is 3.34. The molecule has 1 unspecified atom stereocenters. The quantitative estimate of drug-likeness (QED) is 0.399. The maximum Gasteiger partial charge on any atom is 0.322 e. The van der Waals surface area contributed by atoms with Crippen molar-refractivity contribution in [1.82, 2.24) is 5.06 Å².